The fraction of sp³-hybridized carbons (Fsp3) is 0.571. The monoisotopic (exact) mass is 204 g/mol. The Hall–Kier alpha value is -1.72. The van der Waals surface area contributed by atoms with E-state index in [9.17, 15) is 9.59 Å². The van der Waals surface area contributed by atoms with Gasteiger partial charge >= 0.3 is 11.9 Å². The van der Waals surface area contributed by atoms with Crippen molar-refractivity contribution < 1.29 is 23.9 Å². The van der Waals surface area contributed by atoms with Crippen molar-refractivity contribution in [2.24, 2.45) is 5.73 Å². The minimum Gasteiger partial charge on any atom is -0.468 e. The quantitative estimate of drug-likeness (QED) is 0.344. The van der Waals surface area contributed by atoms with Crippen LogP contribution in [0.3, 0.4) is 0 Å². The molecule has 0 aliphatic heterocycles. The van der Waals surface area contributed by atoms with Gasteiger partial charge in [-0.2, -0.15) is 0 Å². The molecular formula is C7H12N2O5. The molecule has 0 saturated carbocycles. The lowest BCUT2D eigenvalue weighted by Gasteiger charge is -2.07. The molecule has 0 fully saturated rings. The van der Waals surface area contributed by atoms with E-state index < -0.39 is 18.0 Å². The van der Waals surface area contributed by atoms with Gasteiger partial charge in [0.1, 0.15) is 12.6 Å². The van der Waals surface area contributed by atoms with E-state index in [0.717, 1.165) is 6.08 Å². The van der Waals surface area contributed by atoms with Crippen molar-refractivity contribution in [3.8, 4) is 0 Å². The summed E-state index contributed by atoms with van der Waals surface area (Å²) in [4.78, 5) is 29.2. The zero-order valence-electron chi connectivity index (χ0n) is 7.90. The largest absolute Gasteiger partial charge is 0.468 e. The molecule has 0 aromatic carbocycles. The number of nitrogens with two attached hydrogens (primary N) is 1. The lowest BCUT2D eigenvalue weighted by Crippen LogP contribution is -2.36. The molecule has 0 radical (unpaired) electrons. The summed E-state index contributed by atoms with van der Waals surface area (Å²) < 4.78 is 8.75. The summed E-state index contributed by atoms with van der Waals surface area (Å²) in [6, 6.07) is -0.885. The Bertz CT molecular complexity index is 222. The highest BCUT2D eigenvalue weighted by Crippen LogP contribution is 1.85. The van der Waals surface area contributed by atoms with Gasteiger partial charge in [0.15, 0.2) is 0 Å². The Morgan fingerprint density at radius 3 is 2.29 bits per heavy atom. The lowest BCUT2D eigenvalue weighted by atomic mass is 10.3. The predicted molar refractivity (Wildman–Crippen MR) is 45.0 cm³/mol. The number of carbonyl (C=O) groups excluding carboxylic acids is 3. The molecule has 0 bridgehead atoms. The molecule has 1 atom stereocenters. The maximum atomic E-state index is 10.6. The van der Waals surface area contributed by atoms with Crippen LogP contribution in [0.4, 0.5) is 0 Å². The lowest BCUT2D eigenvalue weighted by molar-refractivity contribution is -0.148. The second-order valence-corrected chi connectivity index (χ2v) is 2.03. The van der Waals surface area contributed by atoms with E-state index in [1.807, 2.05) is 0 Å². The minimum atomic E-state index is -0.885. The van der Waals surface area contributed by atoms with Gasteiger partial charge in [-0.25, -0.2) is 10.2 Å². The van der Waals surface area contributed by atoms with Crippen molar-refractivity contribution >= 4 is 18.0 Å². The Labute approximate surface area is 80.7 Å². The fourth-order valence-corrected chi connectivity index (χ4v) is 0.427. The van der Waals surface area contributed by atoms with Crippen LogP contribution in [-0.4, -0.2) is 37.8 Å². The van der Waals surface area contributed by atoms with Crippen molar-refractivity contribution in [2.45, 2.75) is 13.0 Å². The molecule has 0 aromatic heterocycles. The van der Waals surface area contributed by atoms with Crippen molar-refractivity contribution in [3.05, 3.63) is 0 Å². The molecule has 0 spiro atoms. The third-order valence-electron chi connectivity index (χ3n) is 0.970. The molecule has 80 valence electrons. The van der Waals surface area contributed by atoms with E-state index in [1.165, 1.54) is 14.0 Å². The molecule has 0 amide bonds. The molecule has 7 nitrogen and oxygen atoms in total. The number of ether oxygens (including phenoxy) is 2. The van der Waals surface area contributed by atoms with Crippen molar-refractivity contribution in [1.82, 2.24) is 0 Å². The first kappa shape index (κ1) is 14.8. The van der Waals surface area contributed by atoms with Crippen molar-refractivity contribution in [3.63, 3.8) is 0 Å². The summed E-state index contributed by atoms with van der Waals surface area (Å²) in [6.07, 6.45) is 0.750. The standard InChI is InChI=1S/C6H11NO4.CHNO/c1-4(8)11-3-5(7)6(9)10-2;2-1-3/h5H,3,7H2,1-2H3;2H/t5-;/m0./s1. The van der Waals surface area contributed by atoms with Crippen molar-refractivity contribution in [1.29, 1.82) is 5.41 Å². The summed E-state index contributed by atoms with van der Waals surface area (Å²) in [6.45, 7) is 1.10. The number of isocyanates is 1. The van der Waals surface area contributed by atoms with E-state index in [1.54, 1.807) is 0 Å². The average molecular weight is 204 g/mol. The van der Waals surface area contributed by atoms with E-state index in [4.69, 9.17) is 15.9 Å². The summed E-state index contributed by atoms with van der Waals surface area (Å²) in [5, 5.41) is 5.40. The van der Waals surface area contributed by atoms with E-state index >= 15 is 0 Å². The minimum absolute atomic E-state index is 0.137. The molecule has 0 aromatic rings. The number of hydrogen-bond donors (Lipinski definition) is 2. The molecule has 0 heterocycles. The Kier molecular flexibility index (Phi) is 9.89. The van der Waals surface area contributed by atoms with Crippen molar-refractivity contribution in [2.75, 3.05) is 13.7 Å². The van der Waals surface area contributed by atoms with Crippen LogP contribution in [0, 0.1) is 5.41 Å². The van der Waals surface area contributed by atoms with Crippen LogP contribution >= 0.6 is 0 Å². The second-order valence-electron chi connectivity index (χ2n) is 2.03. The van der Waals surface area contributed by atoms with Gasteiger partial charge in [0, 0.05) is 6.92 Å². The molecule has 0 saturated heterocycles. The Balaban J connectivity index is 0. The topological polar surface area (TPSA) is 120 Å². The average Bonchev–Trinajstić information content (AvgIpc) is 2.14. The first-order valence-electron chi connectivity index (χ1n) is 3.50. The molecule has 0 unspecified atom stereocenters. The number of rotatable bonds is 3. The number of hydrogen-bond acceptors (Lipinski definition) is 7. The molecule has 0 aliphatic rings. The van der Waals surface area contributed by atoms with Gasteiger partial charge in [-0.1, -0.05) is 0 Å². The molecular weight excluding hydrogens is 192 g/mol. The van der Waals surface area contributed by atoms with Crippen LogP contribution in [0.5, 0.6) is 0 Å². The first-order valence-corrected chi connectivity index (χ1v) is 3.50. The molecule has 14 heavy (non-hydrogen) atoms. The first-order chi connectivity index (χ1) is 6.49. The maximum absolute atomic E-state index is 10.6. The van der Waals surface area contributed by atoms with Crippen LogP contribution in [-0.2, 0) is 23.9 Å². The van der Waals surface area contributed by atoms with Gasteiger partial charge in [-0.3, -0.25) is 9.59 Å². The Morgan fingerprint density at radius 1 is 1.57 bits per heavy atom. The van der Waals surface area contributed by atoms with Gasteiger partial charge in [0.2, 0.25) is 6.08 Å². The van der Waals surface area contributed by atoms with Gasteiger partial charge in [0.05, 0.1) is 7.11 Å². The zero-order chi connectivity index (χ0) is 11.6. The van der Waals surface area contributed by atoms with Gasteiger partial charge in [-0.15, -0.1) is 0 Å². The summed E-state index contributed by atoms with van der Waals surface area (Å²) in [7, 11) is 1.22. The van der Waals surface area contributed by atoms with E-state index in [2.05, 4.69) is 9.47 Å². The number of nitrogens with one attached hydrogen (secondary N) is 1. The third kappa shape index (κ3) is 10.3. The third-order valence-corrected chi connectivity index (χ3v) is 0.970. The molecule has 0 rings (SSSR count). The molecule has 3 N–H and O–H groups in total. The maximum Gasteiger partial charge on any atom is 0.326 e. The van der Waals surface area contributed by atoms with Crippen LogP contribution in [0.1, 0.15) is 6.92 Å². The Morgan fingerprint density at radius 2 is 2.00 bits per heavy atom. The summed E-state index contributed by atoms with van der Waals surface area (Å²) >= 11 is 0. The van der Waals surface area contributed by atoms with Gasteiger partial charge in [-0.05, 0) is 0 Å². The van der Waals surface area contributed by atoms with Gasteiger partial charge < -0.3 is 15.2 Å². The number of carbonyl (C=O) groups is 2. The smallest absolute Gasteiger partial charge is 0.326 e. The fourth-order valence-electron chi connectivity index (χ4n) is 0.427. The number of methoxy groups -OCH3 is 1. The van der Waals surface area contributed by atoms with Crippen LogP contribution in [0.2, 0.25) is 0 Å². The SMILES string of the molecule is COC(=O)[C@@H](N)COC(C)=O.N=C=O. The van der Waals surface area contributed by atoms with E-state index in [-0.39, 0.29) is 6.61 Å². The predicted octanol–water partition coefficient (Wildman–Crippen LogP) is -1.05. The van der Waals surface area contributed by atoms with E-state index in [0.29, 0.717) is 0 Å². The van der Waals surface area contributed by atoms with Gasteiger partial charge in [0.25, 0.3) is 0 Å². The number of esters is 2. The van der Waals surface area contributed by atoms with Crippen LogP contribution in [0.25, 0.3) is 0 Å². The second kappa shape index (κ2) is 9.37. The highest BCUT2D eigenvalue weighted by molar-refractivity contribution is 5.76. The molecule has 0 aliphatic carbocycles. The molecule has 7 heteroatoms. The van der Waals surface area contributed by atoms with Crippen LogP contribution < -0.4 is 5.73 Å². The van der Waals surface area contributed by atoms with Crippen LogP contribution in [0.15, 0.2) is 0 Å². The highest BCUT2D eigenvalue weighted by atomic mass is 16.5. The summed E-state index contributed by atoms with van der Waals surface area (Å²) in [5.74, 6) is -1.06. The highest BCUT2D eigenvalue weighted by Gasteiger charge is 2.14. The zero-order valence-corrected chi connectivity index (χ0v) is 7.90. The summed E-state index contributed by atoms with van der Waals surface area (Å²) in [5.41, 5.74) is 5.22. The normalized spacial score (nSPS) is 9.93.